The minimum atomic E-state index is -0.362. The van der Waals surface area contributed by atoms with E-state index >= 15 is 0 Å². The average molecular weight is 196 g/mol. The molecule has 0 aliphatic carbocycles. The Balaban J connectivity index is 5.13. The van der Waals surface area contributed by atoms with E-state index in [9.17, 15) is 4.79 Å². The van der Waals surface area contributed by atoms with Crippen molar-refractivity contribution in [3.63, 3.8) is 0 Å². The highest BCUT2D eigenvalue weighted by Crippen LogP contribution is 2.06. The quantitative estimate of drug-likeness (QED) is 0.492. The van der Waals surface area contributed by atoms with Crippen molar-refractivity contribution < 1.29 is 4.79 Å². The minimum absolute atomic E-state index is 0.0630. The van der Waals surface area contributed by atoms with E-state index in [2.05, 4.69) is 16.9 Å². The molecule has 0 fully saturated rings. The van der Waals surface area contributed by atoms with E-state index in [4.69, 9.17) is 5.73 Å². The zero-order chi connectivity index (χ0) is 11.1. The molecule has 0 atom stereocenters. The van der Waals surface area contributed by atoms with Crippen LogP contribution >= 0.6 is 0 Å². The van der Waals surface area contributed by atoms with Crippen LogP contribution in [0.25, 0.3) is 0 Å². The second kappa shape index (κ2) is 5.80. The predicted octanol–water partition coefficient (Wildman–Crippen LogP) is 0.0262. The molecule has 0 aromatic carbocycles. The van der Waals surface area contributed by atoms with Crippen LogP contribution in [-0.4, -0.2) is 31.1 Å². The number of rotatable bonds is 4. The van der Waals surface area contributed by atoms with E-state index in [1.807, 2.05) is 0 Å². The van der Waals surface area contributed by atoms with Crippen molar-refractivity contribution in [2.75, 3.05) is 14.1 Å². The van der Waals surface area contributed by atoms with Gasteiger partial charge in [0, 0.05) is 20.3 Å². The van der Waals surface area contributed by atoms with Crippen LogP contribution in [-0.2, 0) is 4.79 Å². The lowest BCUT2D eigenvalue weighted by Gasteiger charge is -2.15. The zero-order valence-corrected chi connectivity index (χ0v) is 8.74. The minimum Gasteiger partial charge on any atom is -0.391 e. The van der Waals surface area contributed by atoms with Gasteiger partial charge in [-0.25, -0.2) is 4.99 Å². The first kappa shape index (κ1) is 12.2. The maximum absolute atomic E-state index is 11.2. The van der Waals surface area contributed by atoms with Gasteiger partial charge in [0.1, 0.15) is 5.70 Å². The van der Waals surface area contributed by atoms with Gasteiger partial charge in [-0.15, -0.1) is 0 Å². The fourth-order valence-electron chi connectivity index (χ4n) is 0.796. The molecule has 5 nitrogen and oxygen atoms in total. The second-order valence-electron chi connectivity index (χ2n) is 2.50. The molecule has 0 rings (SSSR count). The van der Waals surface area contributed by atoms with Gasteiger partial charge in [-0.05, 0) is 13.1 Å². The van der Waals surface area contributed by atoms with E-state index in [-0.39, 0.29) is 11.6 Å². The summed E-state index contributed by atoms with van der Waals surface area (Å²) in [4.78, 5) is 16.8. The number of carbonyl (C=O) groups is 1. The summed E-state index contributed by atoms with van der Waals surface area (Å²) in [6, 6.07) is 0. The van der Waals surface area contributed by atoms with Crippen LogP contribution in [0.5, 0.6) is 0 Å². The molecular weight excluding hydrogens is 180 g/mol. The maximum atomic E-state index is 11.2. The largest absolute Gasteiger partial charge is 0.391 e. The highest BCUT2D eigenvalue weighted by molar-refractivity contribution is 5.93. The second-order valence-corrected chi connectivity index (χ2v) is 2.50. The molecule has 0 saturated heterocycles. The Kier molecular flexibility index (Phi) is 5.06. The Morgan fingerprint density at radius 1 is 1.64 bits per heavy atom. The van der Waals surface area contributed by atoms with Crippen LogP contribution in [0.15, 0.2) is 29.3 Å². The lowest BCUT2D eigenvalue weighted by molar-refractivity contribution is -0.117. The molecule has 1 amide bonds. The third-order valence-corrected chi connectivity index (χ3v) is 1.57. The van der Waals surface area contributed by atoms with Crippen LogP contribution in [0.3, 0.4) is 0 Å². The number of amides is 1. The van der Waals surface area contributed by atoms with Crippen LogP contribution < -0.4 is 11.1 Å². The molecule has 0 spiro atoms. The summed E-state index contributed by atoms with van der Waals surface area (Å²) in [7, 11) is 3.22. The van der Waals surface area contributed by atoms with Gasteiger partial charge in [-0.3, -0.25) is 4.79 Å². The molecule has 0 aromatic heterocycles. The summed E-state index contributed by atoms with van der Waals surface area (Å²) < 4.78 is 0. The van der Waals surface area contributed by atoms with Crippen LogP contribution in [0.2, 0.25) is 0 Å². The number of likely N-dealkylation sites (N-methyl/N-ethyl adjacent to an activating group) is 1. The summed E-state index contributed by atoms with van der Waals surface area (Å²) in [6.07, 6.45) is 3.09. The van der Waals surface area contributed by atoms with Gasteiger partial charge in [0.25, 0.3) is 5.91 Å². The number of nitrogens with two attached hydrogens (primary N) is 1. The Labute approximate surface area is 84.0 Å². The highest BCUT2D eigenvalue weighted by atomic mass is 16.1. The number of hydrogen-bond donors (Lipinski definition) is 2. The van der Waals surface area contributed by atoms with E-state index in [0.717, 1.165) is 0 Å². The van der Waals surface area contributed by atoms with Crippen molar-refractivity contribution in [2.45, 2.75) is 6.92 Å². The molecule has 3 N–H and O–H groups in total. The molecule has 0 aromatic rings. The Morgan fingerprint density at radius 3 is 2.57 bits per heavy atom. The maximum Gasteiger partial charge on any atom is 0.270 e. The van der Waals surface area contributed by atoms with Gasteiger partial charge in [0.05, 0.1) is 0 Å². The third-order valence-electron chi connectivity index (χ3n) is 1.57. The molecule has 14 heavy (non-hydrogen) atoms. The summed E-state index contributed by atoms with van der Waals surface area (Å²) in [5, 5.41) is 2.43. The first-order chi connectivity index (χ1) is 6.58. The van der Waals surface area contributed by atoms with Crippen molar-refractivity contribution in [2.24, 2.45) is 10.7 Å². The van der Waals surface area contributed by atoms with Crippen molar-refractivity contribution in [3.8, 4) is 0 Å². The van der Waals surface area contributed by atoms with Gasteiger partial charge in [0.2, 0.25) is 0 Å². The Hall–Kier alpha value is -1.78. The average Bonchev–Trinajstić information content (AvgIpc) is 2.22. The van der Waals surface area contributed by atoms with Gasteiger partial charge in [0.15, 0.2) is 5.82 Å². The highest BCUT2D eigenvalue weighted by Gasteiger charge is 2.11. The first-order valence-electron chi connectivity index (χ1n) is 4.14. The first-order valence-corrected chi connectivity index (χ1v) is 4.14. The molecule has 0 radical (unpaired) electrons. The summed E-state index contributed by atoms with van der Waals surface area (Å²) in [5.74, 6) is 0.0150. The van der Waals surface area contributed by atoms with Crippen LogP contribution in [0, 0.1) is 0 Å². The molecular formula is C9H16N4O. The van der Waals surface area contributed by atoms with Crippen LogP contribution in [0.1, 0.15) is 6.92 Å². The van der Waals surface area contributed by atoms with E-state index < -0.39 is 0 Å². The van der Waals surface area contributed by atoms with E-state index in [1.54, 1.807) is 25.1 Å². The van der Waals surface area contributed by atoms with Crippen molar-refractivity contribution in [1.29, 1.82) is 0 Å². The lowest BCUT2D eigenvalue weighted by atomic mass is 10.4. The molecule has 0 heterocycles. The van der Waals surface area contributed by atoms with Gasteiger partial charge >= 0.3 is 0 Å². The number of hydrogen-bond acceptors (Lipinski definition) is 4. The monoisotopic (exact) mass is 196 g/mol. The summed E-state index contributed by atoms with van der Waals surface area (Å²) >= 11 is 0. The molecule has 0 unspecified atom stereocenters. The van der Waals surface area contributed by atoms with Crippen molar-refractivity contribution in [3.05, 3.63) is 24.3 Å². The molecule has 0 bridgehead atoms. The number of carbonyl (C=O) groups excluding carboxylic acids is 1. The third kappa shape index (κ3) is 2.93. The molecule has 0 aliphatic rings. The molecule has 0 aliphatic heterocycles. The zero-order valence-electron chi connectivity index (χ0n) is 8.74. The Morgan fingerprint density at radius 2 is 2.21 bits per heavy atom. The van der Waals surface area contributed by atoms with E-state index in [1.165, 1.54) is 13.2 Å². The normalized spacial score (nSPS) is 12.2. The molecule has 78 valence electrons. The fraction of sp³-hybridized carbons (Fsp3) is 0.333. The topological polar surface area (TPSA) is 70.7 Å². The standard InChI is InChI=1S/C9H16N4O/c1-5-12-8(13(4)6-2)7(10)9(14)11-3/h5-6H,2,10H2,1,3-4H3,(H,11,14)/b8-7-,12-5-. The summed E-state index contributed by atoms with van der Waals surface area (Å²) in [5.41, 5.74) is 5.66. The molecule has 0 saturated carbocycles. The van der Waals surface area contributed by atoms with Gasteiger partial charge < -0.3 is 16.0 Å². The summed E-state index contributed by atoms with van der Waals surface area (Å²) in [6.45, 7) is 5.31. The SMILES string of the molecule is C=CN(C)C(/N=C\C)=C(\N)C(=O)NC. The van der Waals surface area contributed by atoms with Crippen molar-refractivity contribution in [1.82, 2.24) is 10.2 Å². The number of nitrogens with zero attached hydrogens (tertiary/aromatic N) is 2. The van der Waals surface area contributed by atoms with Crippen molar-refractivity contribution >= 4 is 12.1 Å². The van der Waals surface area contributed by atoms with E-state index in [0.29, 0.717) is 5.82 Å². The lowest BCUT2D eigenvalue weighted by Crippen LogP contribution is -2.29. The molecule has 5 heteroatoms. The van der Waals surface area contributed by atoms with Gasteiger partial charge in [-0.1, -0.05) is 6.58 Å². The van der Waals surface area contributed by atoms with Gasteiger partial charge in [-0.2, -0.15) is 0 Å². The Bertz CT molecular complexity index is 281. The predicted molar refractivity (Wildman–Crippen MR) is 57.4 cm³/mol. The smallest absolute Gasteiger partial charge is 0.270 e. The fourth-order valence-corrected chi connectivity index (χ4v) is 0.796. The number of aliphatic imine (C=N–C) groups is 1. The number of nitrogens with one attached hydrogen (secondary N) is 1. The van der Waals surface area contributed by atoms with Crippen LogP contribution in [0.4, 0.5) is 0 Å².